The predicted octanol–water partition coefficient (Wildman–Crippen LogP) is 3.10. The van der Waals surface area contributed by atoms with Gasteiger partial charge in [0.2, 0.25) is 0 Å². The third-order valence-corrected chi connectivity index (χ3v) is 2.63. The maximum absolute atomic E-state index is 6.02. The molecule has 2 N–H and O–H groups in total. The van der Waals surface area contributed by atoms with Gasteiger partial charge in [0.25, 0.3) is 0 Å². The van der Waals surface area contributed by atoms with Crippen molar-refractivity contribution in [2.24, 2.45) is 5.92 Å². The van der Waals surface area contributed by atoms with Crippen LogP contribution in [-0.4, -0.2) is 9.78 Å². The van der Waals surface area contributed by atoms with Crippen molar-refractivity contribution in [3.63, 3.8) is 0 Å². The van der Waals surface area contributed by atoms with Crippen LogP contribution in [0.4, 0.5) is 5.69 Å². The second-order valence-electron chi connectivity index (χ2n) is 4.92. The predicted molar refractivity (Wildman–Crippen MR) is 71.7 cm³/mol. The van der Waals surface area contributed by atoms with Crippen molar-refractivity contribution in [3.8, 4) is 11.3 Å². The second-order valence-corrected chi connectivity index (χ2v) is 4.92. The maximum Gasteiger partial charge on any atom is 0.115 e. The Morgan fingerprint density at radius 2 is 2.12 bits per heavy atom. The molecule has 0 saturated heterocycles. The summed E-state index contributed by atoms with van der Waals surface area (Å²) >= 11 is 0. The third kappa shape index (κ3) is 2.67. The van der Waals surface area contributed by atoms with Gasteiger partial charge in [0.05, 0.1) is 5.69 Å². The fourth-order valence-corrected chi connectivity index (χ4v) is 1.92. The Bertz CT molecular complexity index is 512. The quantitative estimate of drug-likeness (QED) is 0.879. The van der Waals surface area contributed by atoms with Gasteiger partial charge in [-0.1, -0.05) is 37.6 Å². The number of hydrogen-bond donors (Lipinski definition) is 1. The van der Waals surface area contributed by atoms with Crippen molar-refractivity contribution in [1.29, 1.82) is 0 Å². The average molecular weight is 229 g/mol. The summed E-state index contributed by atoms with van der Waals surface area (Å²) in [6.45, 7) is 7.31. The van der Waals surface area contributed by atoms with Crippen LogP contribution in [0.1, 0.15) is 19.4 Å². The van der Waals surface area contributed by atoms with E-state index in [-0.39, 0.29) is 0 Å². The van der Waals surface area contributed by atoms with Crippen LogP contribution in [0.15, 0.2) is 30.5 Å². The van der Waals surface area contributed by atoms with E-state index in [1.165, 1.54) is 5.56 Å². The fraction of sp³-hybridized carbons (Fsp3) is 0.357. The zero-order chi connectivity index (χ0) is 12.4. The zero-order valence-electron chi connectivity index (χ0n) is 10.6. The van der Waals surface area contributed by atoms with E-state index in [1.807, 2.05) is 23.0 Å². The van der Waals surface area contributed by atoms with Crippen molar-refractivity contribution in [2.45, 2.75) is 27.3 Å². The van der Waals surface area contributed by atoms with Gasteiger partial charge in [0.1, 0.15) is 5.69 Å². The van der Waals surface area contributed by atoms with Gasteiger partial charge in [-0.3, -0.25) is 4.68 Å². The lowest BCUT2D eigenvalue weighted by Crippen LogP contribution is -2.04. The van der Waals surface area contributed by atoms with E-state index in [0.29, 0.717) is 5.92 Å². The van der Waals surface area contributed by atoms with E-state index in [9.17, 15) is 0 Å². The molecule has 0 aliphatic heterocycles. The lowest BCUT2D eigenvalue weighted by molar-refractivity contribution is 0.484. The summed E-state index contributed by atoms with van der Waals surface area (Å²) in [6.07, 6.45) is 1.91. The molecule has 2 rings (SSSR count). The molecule has 0 amide bonds. The maximum atomic E-state index is 6.02. The van der Waals surface area contributed by atoms with Crippen molar-refractivity contribution in [1.82, 2.24) is 9.78 Å². The molecule has 90 valence electrons. The van der Waals surface area contributed by atoms with Gasteiger partial charge in [0.15, 0.2) is 0 Å². The lowest BCUT2D eigenvalue weighted by Gasteiger charge is -2.03. The van der Waals surface area contributed by atoms with Crippen LogP contribution >= 0.6 is 0 Å². The molecule has 0 spiro atoms. The Balaban J connectivity index is 2.36. The molecule has 0 aliphatic carbocycles. The Labute approximate surface area is 102 Å². The Kier molecular flexibility index (Phi) is 3.18. The van der Waals surface area contributed by atoms with E-state index in [4.69, 9.17) is 5.73 Å². The molecule has 1 aromatic carbocycles. The van der Waals surface area contributed by atoms with E-state index in [1.54, 1.807) is 0 Å². The SMILES string of the molecule is Cc1cccc(-c2nn(CC(C)C)cc2N)c1. The number of aryl methyl sites for hydroxylation is 1. The first-order chi connectivity index (χ1) is 8.06. The first kappa shape index (κ1) is 11.7. The van der Waals surface area contributed by atoms with E-state index < -0.39 is 0 Å². The fourth-order valence-electron chi connectivity index (χ4n) is 1.92. The molecule has 0 fully saturated rings. The highest BCUT2D eigenvalue weighted by molar-refractivity contribution is 5.72. The zero-order valence-corrected chi connectivity index (χ0v) is 10.6. The highest BCUT2D eigenvalue weighted by Gasteiger charge is 2.09. The van der Waals surface area contributed by atoms with Crippen LogP contribution in [-0.2, 0) is 6.54 Å². The summed E-state index contributed by atoms with van der Waals surface area (Å²) in [5.41, 5.74) is 9.96. The minimum Gasteiger partial charge on any atom is -0.396 e. The van der Waals surface area contributed by atoms with Gasteiger partial charge in [-0.05, 0) is 18.9 Å². The first-order valence-corrected chi connectivity index (χ1v) is 5.96. The molecule has 2 aromatic rings. The number of aromatic nitrogens is 2. The van der Waals surface area contributed by atoms with Crippen LogP contribution in [0.5, 0.6) is 0 Å². The topological polar surface area (TPSA) is 43.8 Å². The summed E-state index contributed by atoms with van der Waals surface area (Å²) in [6, 6.07) is 8.26. The molecule has 17 heavy (non-hydrogen) atoms. The highest BCUT2D eigenvalue weighted by atomic mass is 15.3. The van der Waals surface area contributed by atoms with Crippen LogP contribution in [0.3, 0.4) is 0 Å². The Morgan fingerprint density at radius 1 is 1.35 bits per heavy atom. The van der Waals surface area contributed by atoms with E-state index >= 15 is 0 Å². The largest absolute Gasteiger partial charge is 0.396 e. The summed E-state index contributed by atoms with van der Waals surface area (Å²) in [4.78, 5) is 0. The van der Waals surface area contributed by atoms with E-state index in [0.717, 1.165) is 23.5 Å². The number of nitrogens with two attached hydrogens (primary N) is 1. The van der Waals surface area contributed by atoms with Crippen molar-refractivity contribution in [3.05, 3.63) is 36.0 Å². The molecular weight excluding hydrogens is 210 g/mol. The smallest absolute Gasteiger partial charge is 0.115 e. The summed E-state index contributed by atoms with van der Waals surface area (Å²) in [5.74, 6) is 0.569. The molecule has 0 radical (unpaired) electrons. The van der Waals surface area contributed by atoms with Crippen LogP contribution in [0, 0.1) is 12.8 Å². The molecular formula is C14H19N3. The number of anilines is 1. The number of hydrogen-bond acceptors (Lipinski definition) is 2. The summed E-state index contributed by atoms with van der Waals surface area (Å²) < 4.78 is 1.93. The standard InChI is InChI=1S/C14H19N3/c1-10(2)8-17-9-13(15)14(16-17)12-6-4-5-11(3)7-12/h4-7,9-10H,8,15H2,1-3H3. The van der Waals surface area contributed by atoms with Gasteiger partial charge in [-0.25, -0.2) is 0 Å². The molecule has 0 unspecified atom stereocenters. The second kappa shape index (κ2) is 4.62. The van der Waals surface area contributed by atoms with Crippen LogP contribution in [0.2, 0.25) is 0 Å². The van der Waals surface area contributed by atoms with Crippen LogP contribution in [0.25, 0.3) is 11.3 Å². The molecule has 1 aromatic heterocycles. The normalized spacial score (nSPS) is 11.1. The highest BCUT2D eigenvalue weighted by Crippen LogP contribution is 2.24. The minimum absolute atomic E-state index is 0.569. The average Bonchev–Trinajstić information content (AvgIpc) is 2.58. The monoisotopic (exact) mass is 229 g/mol. The minimum atomic E-state index is 0.569. The van der Waals surface area contributed by atoms with Crippen molar-refractivity contribution < 1.29 is 0 Å². The number of benzene rings is 1. The van der Waals surface area contributed by atoms with Crippen molar-refractivity contribution in [2.75, 3.05) is 5.73 Å². The van der Waals surface area contributed by atoms with Crippen LogP contribution < -0.4 is 5.73 Å². The van der Waals surface area contributed by atoms with Gasteiger partial charge >= 0.3 is 0 Å². The van der Waals surface area contributed by atoms with Gasteiger partial charge in [-0.15, -0.1) is 0 Å². The molecule has 3 heteroatoms. The van der Waals surface area contributed by atoms with Gasteiger partial charge in [0, 0.05) is 18.3 Å². The molecule has 0 saturated carbocycles. The molecule has 1 heterocycles. The van der Waals surface area contributed by atoms with E-state index in [2.05, 4.69) is 38.0 Å². The number of rotatable bonds is 3. The first-order valence-electron chi connectivity index (χ1n) is 5.96. The Morgan fingerprint density at radius 3 is 2.76 bits per heavy atom. The lowest BCUT2D eigenvalue weighted by atomic mass is 10.1. The number of nitrogen functional groups attached to an aromatic ring is 1. The third-order valence-electron chi connectivity index (χ3n) is 2.63. The Hall–Kier alpha value is -1.77. The molecule has 0 atom stereocenters. The summed E-state index contributed by atoms with van der Waals surface area (Å²) in [5, 5.41) is 4.55. The molecule has 0 bridgehead atoms. The molecule has 3 nitrogen and oxygen atoms in total. The number of nitrogens with zero attached hydrogens (tertiary/aromatic N) is 2. The summed E-state index contributed by atoms with van der Waals surface area (Å²) in [7, 11) is 0. The van der Waals surface area contributed by atoms with Gasteiger partial charge in [-0.2, -0.15) is 5.10 Å². The molecule has 0 aliphatic rings. The van der Waals surface area contributed by atoms with Gasteiger partial charge < -0.3 is 5.73 Å². The van der Waals surface area contributed by atoms with Crippen molar-refractivity contribution >= 4 is 5.69 Å².